The Bertz CT molecular complexity index is 1080. The van der Waals surface area contributed by atoms with Crippen LogP contribution in [0.25, 0.3) is 0 Å². The molecule has 1 amide bonds. The van der Waals surface area contributed by atoms with Gasteiger partial charge in [0, 0.05) is 24.0 Å². The number of hydrogen-bond acceptors (Lipinski definition) is 5. The van der Waals surface area contributed by atoms with Crippen LogP contribution in [0.1, 0.15) is 32.7 Å². The van der Waals surface area contributed by atoms with Gasteiger partial charge >= 0.3 is 0 Å². The highest BCUT2D eigenvalue weighted by Crippen LogP contribution is 2.20. The molecule has 0 fully saturated rings. The Labute approximate surface area is 162 Å². The third-order valence-electron chi connectivity index (χ3n) is 4.51. The maximum absolute atomic E-state index is 12.7. The molecule has 1 aromatic carbocycles. The van der Waals surface area contributed by atoms with Crippen LogP contribution < -0.4 is 15.4 Å². The molecule has 0 saturated heterocycles. The van der Waals surface area contributed by atoms with E-state index in [1.54, 1.807) is 25.6 Å². The number of carbonyl (C=O) groups is 1. The van der Waals surface area contributed by atoms with Crippen LogP contribution in [0.3, 0.4) is 0 Å². The second-order valence-corrected chi connectivity index (χ2v) is 6.39. The number of benzene rings is 1. The molecule has 1 aliphatic heterocycles. The molecule has 3 heterocycles. The van der Waals surface area contributed by atoms with Crippen LogP contribution in [-0.4, -0.2) is 34.7 Å². The molecule has 0 atom stereocenters. The highest BCUT2D eigenvalue weighted by molar-refractivity contribution is 6.04. The quantitative estimate of drug-likeness (QED) is 0.612. The molecule has 0 unspecified atom stereocenters. The van der Waals surface area contributed by atoms with E-state index in [1.165, 1.54) is 17.3 Å². The summed E-state index contributed by atoms with van der Waals surface area (Å²) >= 11 is 0. The van der Waals surface area contributed by atoms with Gasteiger partial charge in [-0.05, 0) is 42.3 Å². The third-order valence-corrected chi connectivity index (χ3v) is 4.51. The molecule has 3 N–H and O–H groups in total. The molecule has 4 rings (SSSR count). The van der Waals surface area contributed by atoms with E-state index in [9.17, 15) is 4.79 Å². The molecule has 2 aromatic heterocycles. The van der Waals surface area contributed by atoms with Gasteiger partial charge in [0.05, 0.1) is 25.1 Å². The van der Waals surface area contributed by atoms with Crippen LogP contribution in [0.4, 0.5) is 5.69 Å². The van der Waals surface area contributed by atoms with E-state index in [1.807, 2.05) is 18.2 Å². The Morgan fingerprint density at radius 1 is 1.18 bits per heavy atom. The molecule has 3 aromatic rings. The fraction of sp³-hybridized carbons (Fsp3) is 0.190. The van der Waals surface area contributed by atoms with Crippen LogP contribution in [0.5, 0.6) is 5.75 Å². The van der Waals surface area contributed by atoms with Gasteiger partial charge in [0.2, 0.25) is 0 Å². The Morgan fingerprint density at radius 3 is 3.00 bits per heavy atom. The number of aromatic amines is 1. The number of amides is 1. The lowest BCUT2D eigenvalue weighted by Crippen LogP contribution is -2.23. The number of methoxy groups -OCH3 is 1. The van der Waals surface area contributed by atoms with E-state index in [0.717, 1.165) is 25.2 Å². The largest absolute Gasteiger partial charge is 0.495 e. The first-order chi connectivity index (χ1) is 13.7. The number of nitrogens with one attached hydrogen (secondary N) is 3. The number of aromatic nitrogens is 3. The summed E-state index contributed by atoms with van der Waals surface area (Å²) in [5, 5.41) is 13.0. The van der Waals surface area contributed by atoms with Crippen LogP contribution in [0.2, 0.25) is 0 Å². The standard InChI is InChI=1S/C21H19N5O2/c1-28-19-8-14(10-23-13-19)2-3-17-12-24-26-20(17)21(27)25-18-5-4-16-11-22-7-6-15(16)9-18/h4-5,8-10,12-13,22H,6-7,11H2,1H3,(H,24,26)(H,25,27). The predicted octanol–water partition coefficient (Wildman–Crippen LogP) is 2.11. The van der Waals surface area contributed by atoms with Crippen molar-refractivity contribution < 1.29 is 9.53 Å². The summed E-state index contributed by atoms with van der Waals surface area (Å²) in [6, 6.07) is 7.76. The molecule has 7 nitrogen and oxygen atoms in total. The highest BCUT2D eigenvalue weighted by Gasteiger charge is 2.15. The van der Waals surface area contributed by atoms with Gasteiger partial charge in [0.25, 0.3) is 5.91 Å². The molecule has 0 aliphatic carbocycles. The summed E-state index contributed by atoms with van der Waals surface area (Å²) in [5.74, 6) is 6.30. The molecule has 1 aliphatic rings. The number of H-pyrrole nitrogens is 1. The fourth-order valence-corrected chi connectivity index (χ4v) is 3.04. The van der Waals surface area contributed by atoms with Crippen molar-refractivity contribution in [2.45, 2.75) is 13.0 Å². The van der Waals surface area contributed by atoms with E-state index in [4.69, 9.17) is 4.74 Å². The van der Waals surface area contributed by atoms with Crippen LogP contribution >= 0.6 is 0 Å². The molecular formula is C21H19N5O2. The molecule has 0 radical (unpaired) electrons. The van der Waals surface area contributed by atoms with Crippen molar-refractivity contribution in [1.82, 2.24) is 20.5 Å². The Morgan fingerprint density at radius 2 is 2.11 bits per heavy atom. The summed E-state index contributed by atoms with van der Waals surface area (Å²) in [6.07, 6.45) is 5.73. The van der Waals surface area contributed by atoms with Crippen molar-refractivity contribution in [1.29, 1.82) is 0 Å². The minimum absolute atomic E-state index is 0.278. The highest BCUT2D eigenvalue weighted by atomic mass is 16.5. The Balaban J connectivity index is 1.52. The zero-order valence-corrected chi connectivity index (χ0v) is 15.4. The number of hydrogen-bond donors (Lipinski definition) is 3. The molecule has 28 heavy (non-hydrogen) atoms. The van der Waals surface area contributed by atoms with Gasteiger partial charge in [-0.3, -0.25) is 14.9 Å². The predicted molar refractivity (Wildman–Crippen MR) is 105 cm³/mol. The average Bonchev–Trinajstić information content (AvgIpc) is 3.21. The zero-order valence-electron chi connectivity index (χ0n) is 15.4. The molecular weight excluding hydrogens is 354 g/mol. The van der Waals surface area contributed by atoms with E-state index in [0.29, 0.717) is 22.6 Å². The molecule has 0 saturated carbocycles. The minimum atomic E-state index is -0.278. The SMILES string of the molecule is COc1cncc(C#Cc2cn[nH]c2C(=O)Nc2ccc3c(c2)CCNC3)c1. The number of fused-ring (bicyclic) bond motifs is 1. The van der Waals surface area contributed by atoms with Crippen LogP contribution in [-0.2, 0) is 13.0 Å². The lowest BCUT2D eigenvalue weighted by molar-refractivity contribution is 0.102. The smallest absolute Gasteiger partial charge is 0.274 e. The van der Waals surface area contributed by atoms with E-state index < -0.39 is 0 Å². The zero-order chi connectivity index (χ0) is 19.3. The van der Waals surface area contributed by atoms with Crippen molar-refractivity contribution in [3.8, 4) is 17.6 Å². The van der Waals surface area contributed by atoms with E-state index in [-0.39, 0.29) is 5.91 Å². The lowest BCUT2D eigenvalue weighted by Gasteiger charge is -2.18. The third kappa shape index (κ3) is 3.87. The summed E-state index contributed by atoms with van der Waals surface area (Å²) < 4.78 is 5.14. The number of nitrogens with zero attached hydrogens (tertiary/aromatic N) is 2. The number of ether oxygens (including phenoxy) is 1. The molecule has 7 heteroatoms. The van der Waals surface area contributed by atoms with Crippen molar-refractivity contribution >= 4 is 11.6 Å². The van der Waals surface area contributed by atoms with Gasteiger partial charge in [-0.2, -0.15) is 5.10 Å². The summed E-state index contributed by atoms with van der Waals surface area (Å²) in [7, 11) is 1.57. The summed E-state index contributed by atoms with van der Waals surface area (Å²) in [4.78, 5) is 16.8. The maximum atomic E-state index is 12.7. The van der Waals surface area contributed by atoms with Crippen molar-refractivity contribution in [2.75, 3.05) is 19.0 Å². The van der Waals surface area contributed by atoms with Gasteiger partial charge < -0.3 is 15.4 Å². The molecule has 140 valence electrons. The van der Waals surface area contributed by atoms with Crippen molar-refractivity contribution in [3.05, 3.63) is 70.8 Å². The minimum Gasteiger partial charge on any atom is -0.495 e. The molecule has 0 spiro atoms. The van der Waals surface area contributed by atoms with Crippen molar-refractivity contribution in [2.24, 2.45) is 0 Å². The number of pyridine rings is 1. The topological polar surface area (TPSA) is 91.9 Å². The van der Waals surface area contributed by atoms with E-state index in [2.05, 4.69) is 37.7 Å². The van der Waals surface area contributed by atoms with Gasteiger partial charge in [-0.25, -0.2) is 0 Å². The fourth-order valence-electron chi connectivity index (χ4n) is 3.04. The monoisotopic (exact) mass is 373 g/mol. The summed E-state index contributed by atoms with van der Waals surface area (Å²) in [6.45, 7) is 1.81. The number of carbonyl (C=O) groups excluding carboxylic acids is 1. The van der Waals surface area contributed by atoms with E-state index >= 15 is 0 Å². The summed E-state index contributed by atoms with van der Waals surface area (Å²) in [5.41, 5.74) is 4.81. The van der Waals surface area contributed by atoms with Crippen molar-refractivity contribution in [3.63, 3.8) is 0 Å². The van der Waals surface area contributed by atoms with Gasteiger partial charge in [-0.1, -0.05) is 17.9 Å². The Hall–Kier alpha value is -3.63. The van der Waals surface area contributed by atoms with Gasteiger partial charge in [-0.15, -0.1) is 0 Å². The second-order valence-electron chi connectivity index (χ2n) is 6.39. The molecule has 0 bridgehead atoms. The first-order valence-electron chi connectivity index (χ1n) is 8.91. The Kier molecular flexibility index (Phi) is 5.04. The maximum Gasteiger partial charge on any atom is 0.274 e. The lowest BCUT2D eigenvalue weighted by atomic mass is 10.0. The number of rotatable bonds is 3. The van der Waals surface area contributed by atoms with Crippen LogP contribution in [0, 0.1) is 11.8 Å². The normalized spacial score (nSPS) is 12.5. The van der Waals surface area contributed by atoms with Gasteiger partial charge in [0.1, 0.15) is 11.4 Å². The second kappa shape index (κ2) is 7.94. The first-order valence-corrected chi connectivity index (χ1v) is 8.91. The number of anilines is 1. The average molecular weight is 373 g/mol. The van der Waals surface area contributed by atoms with Crippen LogP contribution in [0.15, 0.2) is 42.9 Å². The first kappa shape index (κ1) is 17.8. The van der Waals surface area contributed by atoms with Gasteiger partial charge in [0.15, 0.2) is 0 Å².